The molecule has 0 saturated heterocycles. The third-order valence-electron chi connectivity index (χ3n) is 2.82. The number of alkyl carbamates (subject to hydrolysis) is 1. The Morgan fingerprint density at radius 2 is 1.68 bits per heavy atom. The van der Waals surface area contributed by atoms with Crippen LogP contribution in [0.4, 0.5) is 9.18 Å². The largest absolute Gasteiger partial charge is 0.458 e. The van der Waals surface area contributed by atoms with Gasteiger partial charge >= 0.3 is 12.1 Å². The lowest BCUT2D eigenvalue weighted by atomic mass is 10.0. The van der Waals surface area contributed by atoms with E-state index < -0.39 is 35.1 Å². The Hall–Kier alpha value is -1.63. The van der Waals surface area contributed by atoms with E-state index in [0.29, 0.717) is 4.47 Å². The molecule has 7 heteroatoms. The molecule has 1 aromatic rings. The van der Waals surface area contributed by atoms with Crippen molar-refractivity contribution in [2.45, 2.75) is 65.2 Å². The minimum absolute atomic E-state index is 0.0483. The lowest BCUT2D eigenvalue weighted by molar-refractivity contribution is -0.157. The van der Waals surface area contributed by atoms with E-state index in [4.69, 9.17) is 9.47 Å². The van der Waals surface area contributed by atoms with Crippen molar-refractivity contribution in [3.63, 3.8) is 0 Å². The van der Waals surface area contributed by atoms with Gasteiger partial charge < -0.3 is 14.8 Å². The summed E-state index contributed by atoms with van der Waals surface area (Å²) in [5.41, 5.74) is -1.16. The quantitative estimate of drug-likeness (QED) is 0.738. The van der Waals surface area contributed by atoms with Crippen molar-refractivity contribution < 1.29 is 23.5 Å². The lowest BCUT2D eigenvalue weighted by Crippen LogP contribution is -2.47. The standard InChI is InChI=1S/C18H25BrFNO4/c1-17(2,3)24-15(22)14(21-16(23)25-18(4,5)6)9-11-7-8-12(19)10-13(11)20/h7-8,10,14H,9H2,1-6H3,(H,21,23). The van der Waals surface area contributed by atoms with Crippen LogP contribution in [-0.4, -0.2) is 29.3 Å². The second kappa shape index (κ2) is 8.17. The number of hydrogen-bond acceptors (Lipinski definition) is 4. The number of amides is 1. The molecule has 1 N–H and O–H groups in total. The summed E-state index contributed by atoms with van der Waals surface area (Å²) in [6.07, 6.45) is -0.811. The SMILES string of the molecule is CC(C)(C)OC(=O)NC(Cc1ccc(Br)cc1F)C(=O)OC(C)(C)C. The number of benzene rings is 1. The number of ether oxygens (including phenoxy) is 2. The molecule has 5 nitrogen and oxygen atoms in total. The monoisotopic (exact) mass is 417 g/mol. The Balaban J connectivity index is 2.98. The van der Waals surface area contributed by atoms with E-state index in [0.717, 1.165) is 0 Å². The lowest BCUT2D eigenvalue weighted by Gasteiger charge is -2.26. The van der Waals surface area contributed by atoms with E-state index in [-0.39, 0.29) is 12.0 Å². The van der Waals surface area contributed by atoms with Gasteiger partial charge in [0.15, 0.2) is 0 Å². The van der Waals surface area contributed by atoms with Gasteiger partial charge in [0.05, 0.1) is 0 Å². The summed E-state index contributed by atoms with van der Waals surface area (Å²) in [5.74, 6) is -1.13. The molecular formula is C18H25BrFNO4. The molecule has 0 bridgehead atoms. The molecule has 0 heterocycles. The molecule has 25 heavy (non-hydrogen) atoms. The van der Waals surface area contributed by atoms with Crippen LogP contribution in [0.25, 0.3) is 0 Å². The summed E-state index contributed by atoms with van der Waals surface area (Å²) in [5, 5.41) is 2.47. The van der Waals surface area contributed by atoms with Gasteiger partial charge in [0.1, 0.15) is 23.1 Å². The van der Waals surface area contributed by atoms with Crippen molar-refractivity contribution in [3.05, 3.63) is 34.1 Å². The molecule has 0 aromatic heterocycles. The number of nitrogens with one attached hydrogen (secondary N) is 1. The van der Waals surface area contributed by atoms with Crippen molar-refractivity contribution in [3.8, 4) is 0 Å². The zero-order valence-electron chi connectivity index (χ0n) is 15.4. The first kappa shape index (κ1) is 21.4. The van der Waals surface area contributed by atoms with E-state index in [1.54, 1.807) is 53.7 Å². The van der Waals surface area contributed by atoms with E-state index in [9.17, 15) is 14.0 Å². The van der Waals surface area contributed by atoms with Crippen molar-refractivity contribution in [2.75, 3.05) is 0 Å². The molecule has 140 valence electrons. The molecule has 1 rings (SSSR count). The first-order chi connectivity index (χ1) is 11.3. The third kappa shape index (κ3) is 8.34. The third-order valence-corrected chi connectivity index (χ3v) is 3.31. The van der Waals surface area contributed by atoms with Gasteiger partial charge in [0.2, 0.25) is 0 Å². The van der Waals surface area contributed by atoms with Crippen LogP contribution >= 0.6 is 15.9 Å². The van der Waals surface area contributed by atoms with E-state index in [1.807, 2.05) is 0 Å². The Labute approximate surface area is 156 Å². The molecule has 0 aliphatic rings. The minimum atomic E-state index is -1.07. The predicted molar refractivity (Wildman–Crippen MR) is 96.8 cm³/mol. The first-order valence-electron chi connectivity index (χ1n) is 7.93. The average Bonchev–Trinajstić information content (AvgIpc) is 2.36. The fourth-order valence-electron chi connectivity index (χ4n) is 1.92. The van der Waals surface area contributed by atoms with Crippen LogP contribution < -0.4 is 5.32 Å². The van der Waals surface area contributed by atoms with Gasteiger partial charge in [-0.2, -0.15) is 0 Å². The molecule has 0 fully saturated rings. The smallest absolute Gasteiger partial charge is 0.408 e. The van der Waals surface area contributed by atoms with E-state index >= 15 is 0 Å². The molecule has 1 unspecified atom stereocenters. The predicted octanol–water partition coefficient (Wildman–Crippen LogP) is 4.37. The van der Waals surface area contributed by atoms with Crippen LogP contribution in [0.5, 0.6) is 0 Å². The second-order valence-electron chi connectivity index (χ2n) is 7.67. The molecule has 0 saturated carbocycles. The summed E-state index contributed by atoms with van der Waals surface area (Å²) in [6, 6.07) is 3.45. The summed E-state index contributed by atoms with van der Waals surface area (Å²) in [6.45, 7) is 10.3. The highest BCUT2D eigenvalue weighted by atomic mass is 79.9. The van der Waals surface area contributed by atoms with Gasteiger partial charge in [0, 0.05) is 10.9 Å². The van der Waals surface area contributed by atoms with Crippen LogP contribution in [0.15, 0.2) is 22.7 Å². The van der Waals surface area contributed by atoms with Gasteiger partial charge in [-0.25, -0.2) is 14.0 Å². The number of esters is 1. The maximum atomic E-state index is 14.1. The molecule has 0 aliphatic carbocycles. The van der Waals surface area contributed by atoms with Crippen molar-refractivity contribution >= 4 is 28.0 Å². The number of carbonyl (C=O) groups is 2. The molecule has 1 aromatic carbocycles. The zero-order valence-corrected chi connectivity index (χ0v) is 17.0. The number of rotatable bonds is 4. The number of hydrogen-bond donors (Lipinski definition) is 1. The summed E-state index contributed by atoms with van der Waals surface area (Å²) in [7, 11) is 0. The highest BCUT2D eigenvalue weighted by molar-refractivity contribution is 9.10. The highest BCUT2D eigenvalue weighted by Crippen LogP contribution is 2.18. The van der Waals surface area contributed by atoms with E-state index in [2.05, 4.69) is 21.2 Å². The van der Waals surface area contributed by atoms with Crippen molar-refractivity contribution in [2.24, 2.45) is 0 Å². The van der Waals surface area contributed by atoms with Gasteiger partial charge in [0.25, 0.3) is 0 Å². The summed E-state index contributed by atoms with van der Waals surface area (Å²) >= 11 is 3.18. The van der Waals surface area contributed by atoms with E-state index in [1.165, 1.54) is 6.07 Å². The Kier molecular flexibility index (Phi) is 6.99. The highest BCUT2D eigenvalue weighted by Gasteiger charge is 2.29. The van der Waals surface area contributed by atoms with Gasteiger partial charge in [-0.3, -0.25) is 0 Å². The fraction of sp³-hybridized carbons (Fsp3) is 0.556. The van der Waals surface area contributed by atoms with Crippen LogP contribution in [0.2, 0.25) is 0 Å². The minimum Gasteiger partial charge on any atom is -0.458 e. The maximum absolute atomic E-state index is 14.1. The topological polar surface area (TPSA) is 64.6 Å². The molecule has 0 aliphatic heterocycles. The Morgan fingerprint density at radius 1 is 1.12 bits per heavy atom. The van der Waals surface area contributed by atoms with Crippen LogP contribution in [0.3, 0.4) is 0 Å². The fourth-order valence-corrected chi connectivity index (χ4v) is 2.26. The number of carbonyl (C=O) groups excluding carboxylic acids is 2. The van der Waals surface area contributed by atoms with Gasteiger partial charge in [-0.1, -0.05) is 22.0 Å². The van der Waals surface area contributed by atoms with Crippen LogP contribution in [0.1, 0.15) is 47.1 Å². The second-order valence-corrected chi connectivity index (χ2v) is 8.59. The molecule has 0 spiro atoms. The summed E-state index contributed by atoms with van der Waals surface area (Å²) < 4.78 is 25.2. The molecule has 1 atom stereocenters. The van der Waals surface area contributed by atoms with Gasteiger partial charge in [-0.05, 0) is 59.2 Å². The van der Waals surface area contributed by atoms with Gasteiger partial charge in [-0.15, -0.1) is 0 Å². The Morgan fingerprint density at radius 3 is 2.16 bits per heavy atom. The number of halogens is 2. The zero-order chi connectivity index (χ0) is 19.4. The van der Waals surface area contributed by atoms with Crippen LogP contribution in [-0.2, 0) is 20.7 Å². The molecular weight excluding hydrogens is 393 g/mol. The molecule has 0 radical (unpaired) electrons. The maximum Gasteiger partial charge on any atom is 0.408 e. The van der Waals surface area contributed by atoms with Crippen molar-refractivity contribution in [1.82, 2.24) is 5.32 Å². The summed E-state index contributed by atoms with van der Waals surface area (Å²) in [4.78, 5) is 24.4. The van der Waals surface area contributed by atoms with Crippen molar-refractivity contribution in [1.29, 1.82) is 0 Å². The Bertz CT molecular complexity index is 635. The van der Waals surface area contributed by atoms with Crippen LogP contribution in [0, 0.1) is 5.82 Å². The average molecular weight is 418 g/mol. The molecule has 1 amide bonds. The first-order valence-corrected chi connectivity index (χ1v) is 8.72. The normalized spacial score (nSPS) is 13.1.